The van der Waals surface area contributed by atoms with Crippen molar-refractivity contribution < 1.29 is 4.84 Å². The summed E-state index contributed by atoms with van der Waals surface area (Å²) in [5.74, 6) is 0. The summed E-state index contributed by atoms with van der Waals surface area (Å²) in [6.07, 6.45) is 1.54. The van der Waals surface area contributed by atoms with Crippen molar-refractivity contribution in [1.82, 2.24) is 0 Å². The lowest BCUT2D eigenvalue weighted by Crippen LogP contribution is -1.81. The van der Waals surface area contributed by atoms with Crippen molar-refractivity contribution in [3.05, 3.63) is 33.8 Å². The highest BCUT2D eigenvalue weighted by Gasteiger charge is 1.94. The molecule has 0 saturated carbocycles. The Morgan fingerprint density at radius 1 is 1.25 bits per heavy atom. The van der Waals surface area contributed by atoms with Gasteiger partial charge in [-0.05, 0) is 23.8 Å². The first-order valence-corrected chi connectivity index (χ1v) is 4.00. The smallest absolute Gasteiger partial charge is 0.106 e. The van der Waals surface area contributed by atoms with E-state index in [0.29, 0.717) is 10.0 Å². The lowest BCUT2D eigenvalue weighted by molar-refractivity contribution is 0.215. The first-order chi connectivity index (χ1) is 5.72. The van der Waals surface area contributed by atoms with E-state index in [4.69, 9.17) is 23.2 Å². The number of benzene rings is 1. The Balaban J connectivity index is 2.93. The van der Waals surface area contributed by atoms with Crippen molar-refractivity contribution in [2.45, 2.75) is 0 Å². The van der Waals surface area contributed by atoms with E-state index < -0.39 is 0 Å². The van der Waals surface area contributed by atoms with Gasteiger partial charge in [0.15, 0.2) is 0 Å². The standard InChI is InChI=1S/C8H7Cl2NO/c1-12-11-5-6-2-7(9)4-8(10)3-6/h2-5H,1H3/b11-5-. The predicted octanol–water partition coefficient (Wildman–Crippen LogP) is 2.97. The fourth-order valence-electron chi connectivity index (χ4n) is 0.763. The molecule has 0 aliphatic heterocycles. The minimum atomic E-state index is 0.583. The number of nitrogens with zero attached hydrogens (tertiary/aromatic N) is 1. The maximum Gasteiger partial charge on any atom is 0.106 e. The first-order valence-electron chi connectivity index (χ1n) is 3.25. The number of halogens is 2. The number of oxime groups is 1. The third-order valence-corrected chi connectivity index (χ3v) is 1.63. The lowest BCUT2D eigenvalue weighted by Gasteiger charge is -1.95. The molecular formula is C8H7Cl2NO. The normalized spacial score (nSPS) is 10.6. The summed E-state index contributed by atoms with van der Waals surface area (Å²) in [6, 6.07) is 5.15. The fourth-order valence-corrected chi connectivity index (χ4v) is 1.31. The average Bonchev–Trinajstić information content (AvgIpc) is 1.99. The van der Waals surface area contributed by atoms with Crippen LogP contribution in [0.15, 0.2) is 23.4 Å². The summed E-state index contributed by atoms with van der Waals surface area (Å²) in [4.78, 5) is 4.51. The minimum absolute atomic E-state index is 0.583. The molecule has 1 rings (SSSR count). The van der Waals surface area contributed by atoms with Crippen molar-refractivity contribution in [3.63, 3.8) is 0 Å². The molecule has 0 aromatic heterocycles. The fraction of sp³-hybridized carbons (Fsp3) is 0.125. The molecule has 0 amide bonds. The van der Waals surface area contributed by atoms with E-state index in [0.717, 1.165) is 5.56 Å². The van der Waals surface area contributed by atoms with Crippen LogP contribution in [0.5, 0.6) is 0 Å². The van der Waals surface area contributed by atoms with Gasteiger partial charge in [-0.3, -0.25) is 0 Å². The van der Waals surface area contributed by atoms with Gasteiger partial charge in [0.05, 0.1) is 6.21 Å². The van der Waals surface area contributed by atoms with E-state index in [2.05, 4.69) is 9.99 Å². The summed E-state index contributed by atoms with van der Waals surface area (Å²) in [5, 5.41) is 4.75. The quantitative estimate of drug-likeness (QED) is 0.536. The van der Waals surface area contributed by atoms with E-state index in [1.54, 1.807) is 18.2 Å². The van der Waals surface area contributed by atoms with Crippen LogP contribution >= 0.6 is 23.2 Å². The van der Waals surface area contributed by atoms with Gasteiger partial charge in [-0.25, -0.2) is 0 Å². The Hall–Kier alpha value is -0.730. The molecular weight excluding hydrogens is 197 g/mol. The van der Waals surface area contributed by atoms with Gasteiger partial charge < -0.3 is 4.84 Å². The molecule has 0 radical (unpaired) electrons. The monoisotopic (exact) mass is 203 g/mol. The molecule has 4 heteroatoms. The van der Waals surface area contributed by atoms with Gasteiger partial charge in [0.1, 0.15) is 7.11 Å². The average molecular weight is 204 g/mol. The Morgan fingerprint density at radius 3 is 2.33 bits per heavy atom. The van der Waals surface area contributed by atoms with Crippen LogP contribution in [-0.2, 0) is 4.84 Å². The van der Waals surface area contributed by atoms with Crippen molar-refractivity contribution in [1.29, 1.82) is 0 Å². The Morgan fingerprint density at radius 2 is 1.83 bits per heavy atom. The summed E-state index contributed by atoms with van der Waals surface area (Å²) >= 11 is 11.5. The highest BCUT2D eigenvalue weighted by atomic mass is 35.5. The molecule has 0 aliphatic carbocycles. The molecule has 0 fully saturated rings. The van der Waals surface area contributed by atoms with Crippen LogP contribution in [0.4, 0.5) is 0 Å². The third-order valence-electron chi connectivity index (χ3n) is 1.19. The Kier molecular flexibility index (Phi) is 3.38. The van der Waals surface area contributed by atoms with Crippen molar-refractivity contribution in [3.8, 4) is 0 Å². The third kappa shape index (κ3) is 2.72. The van der Waals surface area contributed by atoms with Crippen LogP contribution in [0, 0.1) is 0 Å². The summed E-state index contributed by atoms with van der Waals surface area (Å²) in [5.41, 5.74) is 0.814. The van der Waals surface area contributed by atoms with Crippen molar-refractivity contribution in [2.75, 3.05) is 7.11 Å². The maximum absolute atomic E-state index is 5.74. The van der Waals surface area contributed by atoms with Crippen LogP contribution in [0.1, 0.15) is 5.56 Å². The van der Waals surface area contributed by atoms with Gasteiger partial charge >= 0.3 is 0 Å². The molecule has 0 N–H and O–H groups in total. The molecule has 0 atom stereocenters. The van der Waals surface area contributed by atoms with Gasteiger partial charge in [0.25, 0.3) is 0 Å². The second-order valence-electron chi connectivity index (χ2n) is 2.12. The van der Waals surface area contributed by atoms with E-state index in [1.165, 1.54) is 13.3 Å². The highest BCUT2D eigenvalue weighted by molar-refractivity contribution is 6.35. The zero-order valence-corrected chi connectivity index (χ0v) is 7.93. The largest absolute Gasteiger partial charge is 0.399 e. The first kappa shape index (κ1) is 9.36. The summed E-state index contributed by atoms with van der Waals surface area (Å²) < 4.78 is 0. The van der Waals surface area contributed by atoms with Crippen LogP contribution in [0.25, 0.3) is 0 Å². The second kappa shape index (κ2) is 4.33. The van der Waals surface area contributed by atoms with E-state index >= 15 is 0 Å². The van der Waals surface area contributed by atoms with Gasteiger partial charge in [-0.2, -0.15) is 0 Å². The highest BCUT2D eigenvalue weighted by Crippen LogP contribution is 2.17. The predicted molar refractivity (Wildman–Crippen MR) is 51.1 cm³/mol. The summed E-state index contributed by atoms with van der Waals surface area (Å²) in [7, 11) is 1.47. The number of hydrogen-bond acceptors (Lipinski definition) is 2. The van der Waals surface area contributed by atoms with Gasteiger partial charge in [-0.15, -0.1) is 0 Å². The van der Waals surface area contributed by atoms with E-state index in [-0.39, 0.29) is 0 Å². The zero-order valence-electron chi connectivity index (χ0n) is 6.42. The lowest BCUT2D eigenvalue weighted by atomic mass is 10.2. The number of rotatable bonds is 2. The van der Waals surface area contributed by atoms with Gasteiger partial charge in [-0.1, -0.05) is 28.4 Å². The molecule has 0 saturated heterocycles. The molecule has 64 valence electrons. The second-order valence-corrected chi connectivity index (χ2v) is 2.99. The molecule has 1 aromatic rings. The molecule has 0 bridgehead atoms. The molecule has 1 aromatic carbocycles. The van der Waals surface area contributed by atoms with Crippen LogP contribution in [0.3, 0.4) is 0 Å². The maximum atomic E-state index is 5.74. The Bertz CT molecular complexity index is 279. The molecule has 0 spiro atoms. The van der Waals surface area contributed by atoms with Crippen LogP contribution < -0.4 is 0 Å². The summed E-state index contributed by atoms with van der Waals surface area (Å²) in [6.45, 7) is 0. The van der Waals surface area contributed by atoms with E-state index in [1.807, 2.05) is 0 Å². The Labute approximate surface area is 80.7 Å². The van der Waals surface area contributed by atoms with Crippen molar-refractivity contribution in [2.24, 2.45) is 5.16 Å². The van der Waals surface area contributed by atoms with Crippen LogP contribution in [-0.4, -0.2) is 13.3 Å². The molecule has 0 unspecified atom stereocenters. The molecule has 2 nitrogen and oxygen atoms in total. The minimum Gasteiger partial charge on any atom is -0.399 e. The molecule has 0 aliphatic rings. The molecule has 0 heterocycles. The zero-order chi connectivity index (χ0) is 8.97. The SMILES string of the molecule is CO/N=C\c1cc(Cl)cc(Cl)c1. The van der Waals surface area contributed by atoms with Crippen LogP contribution in [0.2, 0.25) is 10.0 Å². The van der Waals surface area contributed by atoms with Crippen molar-refractivity contribution >= 4 is 29.4 Å². The topological polar surface area (TPSA) is 21.6 Å². The van der Waals surface area contributed by atoms with Gasteiger partial charge in [0.2, 0.25) is 0 Å². The van der Waals surface area contributed by atoms with E-state index in [9.17, 15) is 0 Å². The molecule has 12 heavy (non-hydrogen) atoms. The number of hydrogen-bond donors (Lipinski definition) is 0. The van der Waals surface area contributed by atoms with Gasteiger partial charge in [0, 0.05) is 10.0 Å².